The van der Waals surface area contributed by atoms with Crippen LogP contribution in [0.2, 0.25) is 0 Å². The van der Waals surface area contributed by atoms with Crippen LogP contribution in [0.4, 0.5) is 10.2 Å². The van der Waals surface area contributed by atoms with Crippen LogP contribution in [-0.2, 0) is 21.2 Å². The molecule has 3 aromatic rings. The van der Waals surface area contributed by atoms with Gasteiger partial charge in [-0.15, -0.1) is 0 Å². The van der Waals surface area contributed by atoms with Gasteiger partial charge in [-0.3, -0.25) is 9.48 Å². The summed E-state index contributed by atoms with van der Waals surface area (Å²) < 4.78 is 38.8. The van der Waals surface area contributed by atoms with E-state index in [0.29, 0.717) is 17.5 Å². The van der Waals surface area contributed by atoms with Crippen molar-refractivity contribution in [3.8, 4) is 11.5 Å². The summed E-state index contributed by atoms with van der Waals surface area (Å²) >= 11 is 0. The number of allylic oxidation sites excluding steroid dienone is 1. The van der Waals surface area contributed by atoms with Gasteiger partial charge in [-0.05, 0) is 12.1 Å². The van der Waals surface area contributed by atoms with E-state index >= 15 is 0 Å². The Bertz CT molecular complexity index is 1220. The summed E-state index contributed by atoms with van der Waals surface area (Å²) in [5.74, 6) is -0.590. The molecule has 0 spiro atoms. The van der Waals surface area contributed by atoms with E-state index in [-0.39, 0.29) is 34.5 Å². The molecule has 0 atom stereocenters. The number of aldehydes is 1. The quantitative estimate of drug-likeness (QED) is 0.447. The molecule has 0 saturated carbocycles. The Labute approximate surface area is 165 Å². The van der Waals surface area contributed by atoms with Crippen LogP contribution in [0.1, 0.15) is 11.3 Å². The van der Waals surface area contributed by atoms with Gasteiger partial charge >= 0.3 is 0 Å². The van der Waals surface area contributed by atoms with Gasteiger partial charge in [-0.2, -0.15) is 5.10 Å². The van der Waals surface area contributed by atoms with E-state index in [1.807, 2.05) is 0 Å². The average Bonchev–Trinajstić information content (AvgIpc) is 3.07. The van der Waals surface area contributed by atoms with Gasteiger partial charge in [0.1, 0.15) is 28.5 Å². The number of nitrogen functional groups attached to an aromatic ring is 1. The zero-order valence-corrected chi connectivity index (χ0v) is 16.1. The number of carbonyl (C=O) groups is 1. The third-order valence-electron chi connectivity index (χ3n) is 4.01. The Balaban J connectivity index is 2.09. The third-order valence-corrected chi connectivity index (χ3v) is 5.13. The maximum atomic E-state index is 14.1. The summed E-state index contributed by atoms with van der Waals surface area (Å²) in [6.45, 7) is 0.0340. The molecular formula is C18H17FN6O3S. The first-order valence-electron chi connectivity index (χ1n) is 8.26. The van der Waals surface area contributed by atoms with Gasteiger partial charge in [0.2, 0.25) is 0 Å². The number of halogens is 1. The molecule has 0 aliphatic heterocycles. The Hall–Kier alpha value is -3.60. The molecule has 0 aliphatic carbocycles. The highest BCUT2D eigenvalue weighted by molar-refractivity contribution is 7.90. The van der Waals surface area contributed by atoms with Gasteiger partial charge in [0.25, 0.3) is 0 Å². The smallest absolute Gasteiger partial charge is 0.182 e. The number of benzene rings is 1. The summed E-state index contributed by atoms with van der Waals surface area (Å²) in [4.78, 5) is 18.6. The van der Waals surface area contributed by atoms with Gasteiger partial charge in [0.15, 0.2) is 15.7 Å². The normalized spacial score (nSPS) is 12.1. The maximum Gasteiger partial charge on any atom is 0.182 e. The first-order valence-corrected chi connectivity index (χ1v) is 10.2. The highest BCUT2D eigenvalue weighted by Gasteiger charge is 2.19. The van der Waals surface area contributed by atoms with Crippen molar-refractivity contribution in [3.63, 3.8) is 0 Å². The fraction of sp³-hybridized carbons (Fsp3) is 0.111. The van der Waals surface area contributed by atoms with Gasteiger partial charge < -0.3 is 11.5 Å². The first kappa shape index (κ1) is 20.1. The Morgan fingerprint density at radius 2 is 2.03 bits per heavy atom. The van der Waals surface area contributed by atoms with Gasteiger partial charge in [0, 0.05) is 17.9 Å². The molecule has 0 saturated heterocycles. The number of hydrogen-bond acceptors (Lipinski definition) is 8. The van der Waals surface area contributed by atoms with Crippen LogP contribution < -0.4 is 11.5 Å². The van der Waals surface area contributed by atoms with Gasteiger partial charge in [0.05, 0.1) is 24.1 Å². The molecule has 3 rings (SSSR count). The van der Waals surface area contributed by atoms with E-state index in [4.69, 9.17) is 11.5 Å². The van der Waals surface area contributed by atoms with Crippen molar-refractivity contribution < 1.29 is 17.6 Å². The average molecular weight is 416 g/mol. The van der Waals surface area contributed by atoms with E-state index in [9.17, 15) is 17.6 Å². The molecule has 9 nitrogen and oxygen atoms in total. The topological polar surface area (TPSA) is 147 Å². The second kappa shape index (κ2) is 7.80. The fourth-order valence-corrected chi connectivity index (χ4v) is 3.29. The van der Waals surface area contributed by atoms with Crippen LogP contribution in [0, 0.1) is 5.82 Å². The largest absolute Gasteiger partial charge is 0.397 e. The van der Waals surface area contributed by atoms with Crippen molar-refractivity contribution in [3.05, 3.63) is 59.7 Å². The van der Waals surface area contributed by atoms with Crippen LogP contribution in [0.3, 0.4) is 0 Å². The number of carbonyl (C=O) groups excluding carboxylic acids is 1. The van der Waals surface area contributed by atoms with E-state index in [0.717, 1.165) is 18.5 Å². The second-order valence-corrected chi connectivity index (χ2v) is 8.12. The van der Waals surface area contributed by atoms with Crippen LogP contribution in [0.5, 0.6) is 0 Å². The number of nitrogens with two attached hydrogens (primary N) is 2. The van der Waals surface area contributed by atoms with E-state index in [1.54, 1.807) is 18.2 Å². The molecule has 0 radical (unpaired) electrons. The SMILES string of the molecule is CS(=O)(=O)c1cnc(-c2cc(C(N)=CC=O)n(Cc3ccccc3F)n2)nc1N. The summed E-state index contributed by atoms with van der Waals surface area (Å²) in [7, 11) is -3.59. The van der Waals surface area contributed by atoms with Crippen LogP contribution in [0.25, 0.3) is 17.2 Å². The van der Waals surface area contributed by atoms with Crippen molar-refractivity contribution in [1.29, 1.82) is 0 Å². The lowest BCUT2D eigenvalue weighted by Gasteiger charge is -2.08. The molecule has 2 aromatic heterocycles. The minimum Gasteiger partial charge on any atom is -0.397 e. The molecule has 0 amide bonds. The number of anilines is 1. The van der Waals surface area contributed by atoms with Crippen molar-refractivity contribution in [1.82, 2.24) is 19.7 Å². The summed E-state index contributed by atoms with van der Waals surface area (Å²) in [5.41, 5.74) is 12.7. The molecule has 0 fully saturated rings. The fourth-order valence-electron chi connectivity index (χ4n) is 2.62. The lowest BCUT2D eigenvalue weighted by molar-refractivity contribution is -0.104. The standard InChI is InChI=1S/C18H17FN6O3S/c1-29(27,28)16-9-22-18(23-17(16)21)14-8-15(13(20)6-7-26)25(24-14)10-11-4-2-3-5-12(11)19/h2-9H,10,20H2,1H3,(H2,21,22,23). The lowest BCUT2D eigenvalue weighted by atomic mass is 10.2. The molecule has 29 heavy (non-hydrogen) atoms. The molecule has 150 valence electrons. The number of rotatable bonds is 6. The summed E-state index contributed by atoms with van der Waals surface area (Å²) in [6.07, 6.45) is 3.74. The lowest BCUT2D eigenvalue weighted by Crippen LogP contribution is -2.10. The first-order chi connectivity index (χ1) is 13.7. The third kappa shape index (κ3) is 4.29. The molecule has 1 aromatic carbocycles. The zero-order valence-electron chi connectivity index (χ0n) is 15.3. The monoisotopic (exact) mass is 416 g/mol. The summed E-state index contributed by atoms with van der Waals surface area (Å²) in [6, 6.07) is 7.66. The number of sulfone groups is 1. The van der Waals surface area contributed by atoms with E-state index in [1.165, 1.54) is 16.8 Å². The number of nitrogens with zero attached hydrogens (tertiary/aromatic N) is 4. The highest BCUT2D eigenvalue weighted by Crippen LogP contribution is 2.23. The maximum absolute atomic E-state index is 14.1. The predicted octanol–water partition coefficient (Wildman–Crippen LogP) is 1.01. The van der Waals surface area contributed by atoms with Crippen LogP contribution in [0.15, 0.2) is 47.5 Å². The minimum atomic E-state index is -3.59. The molecule has 0 bridgehead atoms. The van der Waals surface area contributed by atoms with Gasteiger partial charge in [-0.25, -0.2) is 22.8 Å². The second-order valence-electron chi connectivity index (χ2n) is 6.14. The van der Waals surface area contributed by atoms with E-state index < -0.39 is 15.7 Å². The molecule has 4 N–H and O–H groups in total. The van der Waals surface area contributed by atoms with Crippen molar-refractivity contribution in [2.24, 2.45) is 5.73 Å². The molecule has 0 aliphatic rings. The van der Waals surface area contributed by atoms with Gasteiger partial charge in [-0.1, -0.05) is 18.2 Å². The molecule has 2 heterocycles. The summed E-state index contributed by atoms with van der Waals surface area (Å²) in [5, 5.41) is 4.34. The zero-order chi connectivity index (χ0) is 21.2. The van der Waals surface area contributed by atoms with Crippen LogP contribution in [-0.4, -0.2) is 40.7 Å². The molecule has 0 unspecified atom stereocenters. The van der Waals surface area contributed by atoms with E-state index in [2.05, 4.69) is 15.1 Å². The highest BCUT2D eigenvalue weighted by atomic mass is 32.2. The van der Waals surface area contributed by atoms with Crippen molar-refractivity contribution in [2.45, 2.75) is 11.4 Å². The predicted molar refractivity (Wildman–Crippen MR) is 105 cm³/mol. The van der Waals surface area contributed by atoms with Crippen LogP contribution >= 0.6 is 0 Å². The molecular weight excluding hydrogens is 399 g/mol. The minimum absolute atomic E-state index is 0.0340. The molecule has 11 heteroatoms. The number of hydrogen-bond donors (Lipinski definition) is 2. The Morgan fingerprint density at radius 1 is 1.31 bits per heavy atom. The number of aromatic nitrogens is 4. The Kier molecular flexibility index (Phi) is 5.41. The van der Waals surface area contributed by atoms with Crippen molar-refractivity contribution >= 4 is 27.6 Å². The van der Waals surface area contributed by atoms with Crippen molar-refractivity contribution in [2.75, 3.05) is 12.0 Å². The Morgan fingerprint density at radius 3 is 2.66 bits per heavy atom.